The minimum Gasteiger partial charge on any atom is -0.449 e. The molecule has 0 aromatic heterocycles. The van der Waals surface area contributed by atoms with Crippen LogP contribution in [0.1, 0.15) is 30.1 Å². The Labute approximate surface area is 105 Å². The third-order valence-electron chi connectivity index (χ3n) is 2.54. The summed E-state index contributed by atoms with van der Waals surface area (Å²) in [5.74, 6) is -0.363. The van der Waals surface area contributed by atoms with Gasteiger partial charge in [0.15, 0.2) is 5.78 Å². The Morgan fingerprint density at radius 3 is 2.50 bits per heavy atom. The van der Waals surface area contributed by atoms with Gasteiger partial charge in [0.2, 0.25) is 0 Å². The zero-order chi connectivity index (χ0) is 13.5. The van der Waals surface area contributed by atoms with E-state index in [9.17, 15) is 14.0 Å². The summed E-state index contributed by atoms with van der Waals surface area (Å²) in [5.41, 5.74) is 5.32. The van der Waals surface area contributed by atoms with Crippen molar-refractivity contribution in [3.05, 3.63) is 35.6 Å². The first-order valence-corrected chi connectivity index (χ1v) is 5.70. The van der Waals surface area contributed by atoms with Crippen LogP contribution in [0.3, 0.4) is 0 Å². The van der Waals surface area contributed by atoms with Gasteiger partial charge in [0.05, 0.1) is 6.61 Å². The number of carbonyl (C=O) groups is 2. The molecule has 0 aliphatic carbocycles. The van der Waals surface area contributed by atoms with E-state index in [0.29, 0.717) is 18.4 Å². The molecule has 0 radical (unpaired) electrons. The van der Waals surface area contributed by atoms with Crippen LogP contribution in [0, 0.1) is 11.7 Å². The van der Waals surface area contributed by atoms with Gasteiger partial charge in [-0.3, -0.25) is 4.79 Å². The molecule has 5 heteroatoms. The number of carbonyl (C=O) groups excluding carboxylic acids is 2. The van der Waals surface area contributed by atoms with Gasteiger partial charge in [-0.05, 0) is 36.6 Å². The van der Waals surface area contributed by atoms with Gasteiger partial charge in [0, 0.05) is 12.0 Å². The monoisotopic (exact) mass is 253 g/mol. The molecule has 1 amide bonds. The first kappa shape index (κ1) is 14.2. The minimum absolute atomic E-state index is 0.0547. The molecule has 0 aliphatic heterocycles. The van der Waals surface area contributed by atoms with Crippen molar-refractivity contribution in [2.75, 3.05) is 6.61 Å². The summed E-state index contributed by atoms with van der Waals surface area (Å²) in [4.78, 5) is 22.1. The number of hydrogen-bond acceptors (Lipinski definition) is 3. The van der Waals surface area contributed by atoms with Crippen LogP contribution in [0.25, 0.3) is 0 Å². The molecule has 1 aromatic carbocycles. The zero-order valence-corrected chi connectivity index (χ0v) is 10.2. The second-order valence-electron chi connectivity index (χ2n) is 4.20. The predicted octanol–water partition coefficient (Wildman–Crippen LogP) is 2.52. The van der Waals surface area contributed by atoms with Crippen LogP contribution in [-0.4, -0.2) is 18.5 Å². The molecule has 0 saturated heterocycles. The molecular formula is C13H16FNO3. The standard InChI is InChI=1S/C13H16FNO3/c1-9(8-18-13(15)17)2-7-12(16)10-3-5-11(14)6-4-10/h3-6,9H,2,7-8H2,1H3,(H2,15,17). The summed E-state index contributed by atoms with van der Waals surface area (Å²) in [7, 11) is 0. The molecule has 0 fully saturated rings. The van der Waals surface area contributed by atoms with Gasteiger partial charge in [-0.1, -0.05) is 6.92 Å². The number of nitrogens with two attached hydrogens (primary N) is 1. The molecule has 18 heavy (non-hydrogen) atoms. The van der Waals surface area contributed by atoms with Crippen molar-refractivity contribution in [3.8, 4) is 0 Å². The van der Waals surface area contributed by atoms with Crippen LogP contribution in [0.15, 0.2) is 24.3 Å². The molecule has 1 atom stereocenters. The van der Waals surface area contributed by atoms with Crippen LogP contribution in [0.5, 0.6) is 0 Å². The average Bonchev–Trinajstić information content (AvgIpc) is 2.34. The maximum atomic E-state index is 12.7. The number of primary amides is 1. The van der Waals surface area contributed by atoms with Gasteiger partial charge in [0.1, 0.15) is 5.82 Å². The van der Waals surface area contributed by atoms with Gasteiger partial charge >= 0.3 is 6.09 Å². The second kappa shape index (κ2) is 6.74. The molecule has 1 aromatic rings. The number of amides is 1. The lowest BCUT2D eigenvalue weighted by molar-refractivity contribution is 0.0963. The topological polar surface area (TPSA) is 69.4 Å². The van der Waals surface area contributed by atoms with Crippen LogP contribution >= 0.6 is 0 Å². The molecule has 0 heterocycles. The Kier molecular flexibility index (Phi) is 5.30. The van der Waals surface area contributed by atoms with Gasteiger partial charge < -0.3 is 10.5 Å². The fourth-order valence-corrected chi connectivity index (χ4v) is 1.47. The van der Waals surface area contributed by atoms with Crippen molar-refractivity contribution < 1.29 is 18.7 Å². The molecule has 4 nitrogen and oxygen atoms in total. The fourth-order valence-electron chi connectivity index (χ4n) is 1.47. The molecule has 1 rings (SSSR count). The number of halogens is 1. The van der Waals surface area contributed by atoms with Gasteiger partial charge in [-0.15, -0.1) is 0 Å². The largest absolute Gasteiger partial charge is 0.449 e. The first-order chi connectivity index (χ1) is 8.49. The van der Waals surface area contributed by atoms with E-state index in [1.165, 1.54) is 24.3 Å². The summed E-state index contributed by atoms with van der Waals surface area (Å²) in [6.07, 6.45) is 0.102. The van der Waals surface area contributed by atoms with E-state index < -0.39 is 6.09 Å². The lowest BCUT2D eigenvalue weighted by Gasteiger charge is -2.10. The summed E-state index contributed by atoms with van der Waals surface area (Å²) >= 11 is 0. The minimum atomic E-state index is -0.813. The van der Waals surface area contributed by atoms with E-state index in [2.05, 4.69) is 4.74 Å². The van der Waals surface area contributed by atoms with Gasteiger partial charge in [0.25, 0.3) is 0 Å². The average molecular weight is 253 g/mol. The smallest absolute Gasteiger partial charge is 0.404 e. The predicted molar refractivity (Wildman–Crippen MR) is 64.7 cm³/mol. The molecule has 0 aliphatic rings. The van der Waals surface area contributed by atoms with Crippen LogP contribution in [0.2, 0.25) is 0 Å². The Morgan fingerprint density at radius 2 is 1.94 bits per heavy atom. The van der Waals surface area contributed by atoms with Crippen molar-refractivity contribution in [2.24, 2.45) is 11.7 Å². The van der Waals surface area contributed by atoms with E-state index in [0.717, 1.165) is 0 Å². The van der Waals surface area contributed by atoms with Crippen LogP contribution in [-0.2, 0) is 4.74 Å². The third kappa shape index (κ3) is 4.95. The molecule has 0 saturated carbocycles. The van der Waals surface area contributed by atoms with Crippen molar-refractivity contribution in [2.45, 2.75) is 19.8 Å². The highest BCUT2D eigenvalue weighted by Crippen LogP contribution is 2.12. The summed E-state index contributed by atoms with van der Waals surface area (Å²) in [6.45, 7) is 2.06. The van der Waals surface area contributed by atoms with E-state index in [1.807, 2.05) is 6.92 Å². The van der Waals surface area contributed by atoms with Crippen molar-refractivity contribution in [1.82, 2.24) is 0 Å². The highest BCUT2D eigenvalue weighted by atomic mass is 19.1. The summed E-state index contributed by atoms with van der Waals surface area (Å²) in [6, 6.07) is 5.43. The molecule has 0 bridgehead atoms. The highest BCUT2D eigenvalue weighted by molar-refractivity contribution is 5.95. The van der Waals surface area contributed by atoms with E-state index in [4.69, 9.17) is 5.73 Å². The number of hydrogen-bond donors (Lipinski definition) is 1. The summed E-state index contributed by atoms with van der Waals surface area (Å²) < 4.78 is 17.3. The molecular weight excluding hydrogens is 237 g/mol. The molecule has 2 N–H and O–H groups in total. The maximum absolute atomic E-state index is 12.7. The van der Waals surface area contributed by atoms with Crippen LogP contribution < -0.4 is 5.73 Å². The van der Waals surface area contributed by atoms with Crippen molar-refractivity contribution in [3.63, 3.8) is 0 Å². The van der Waals surface area contributed by atoms with Crippen molar-refractivity contribution >= 4 is 11.9 Å². The Balaban J connectivity index is 2.36. The third-order valence-corrected chi connectivity index (χ3v) is 2.54. The Morgan fingerprint density at radius 1 is 1.33 bits per heavy atom. The second-order valence-corrected chi connectivity index (χ2v) is 4.20. The number of Topliss-reactive ketones (excluding diaryl/α,β-unsaturated/α-hetero) is 1. The lowest BCUT2D eigenvalue weighted by atomic mass is 10.0. The molecule has 1 unspecified atom stereocenters. The maximum Gasteiger partial charge on any atom is 0.404 e. The lowest BCUT2D eigenvalue weighted by Crippen LogP contribution is -2.18. The zero-order valence-electron chi connectivity index (χ0n) is 10.2. The summed E-state index contributed by atoms with van der Waals surface area (Å²) in [5, 5.41) is 0. The van der Waals surface area contributed by atoms with E-state index in [-0.39, 0.29) is 24.1 Å². The Bertz CT molecular complexity index is 417. The van der Waals surface area contributed by atoms with E-state index >= 15 is 0 Å². The van der Waals surface area contributed by atoms with Gasteiger partial charge in [-0.25, -0.2) is 9.18 Å². The quantitative estimate of drug-likeness (QED) is 0.792. The number of ketones is 1. The van der Waals surface area contributed by atoms with Crippen molar-refractivity contribution in [1.29, 1.82) is 0 Å². The van der Waals surface area contributed by atoms with E-state index in [1.54, 1.807) is 0 Å². The molecule has 98 valence electrons. The fraction of sp³-hybridized carbons (Fsp3) is 0.385. The number of rotatable bonds is 6. The number of ether oxygens (including phenoxy) is 1. The van der Waals surface area contributed by atoms with Gasteiger partial charge in [-0.2, -0.15) is 0 Å². The highest BCUT2D eigenvalue weighted by Gasteiger charge is 2.10. The SMILES string of the molecule is CC(CCC(=O)c1ccc(F)cc1)COC(N)=O. The Hall–Kier alpha value is -1.91. The van der Waals surface area contributed by atoms with Crippen LogP contribution in [0.4, 0.5) is 9.18 Å². The molecule has 0 spiro atoms. The number of benzene rings is 1. The first-order valence-electron chi connectivity index (χ1n) is 5.70. The normalized spacial score (nSPS) is 11.9.